The van der Waals surface area contributed by atoms with Crippen LogP contribution in [0.5, 0.6) is 0 Å². The molecule has 16 heavy (non-hydrogen) atoms. The summed E-state index contributed by atoms with van der Waals surface area (Å²) in [6.07, 6.45) is 7.47. The topological polar surface area (TPSA) is 68.0 Å². The van der Waals surface area contributed by atoms with E-state index in [2.05, 4.69) is 10.2 Å². The van der Waals surface area contributed by atoms with Crippen molar-refractivity contribution in [2.75, 3.05) is 0 Å². The number of aliphatic carboxylic acids is 1. The van der Waals surface area contributed by atoms with Crippen molar-refractivity contribution in [2.45, 2.75) is 45.1 Å². The van der Waals surface area contributed by atoms with Gasteiger partial charge in [0, 0.05) is 19.4 Å². The van der Waals surface area contributed by atoms with Gasteiger partial charge in [-0.2, -0.15) is 0 Å². The summed E-state index contributed by atoms with van der Waals surface area (Å²) < 4.78 is 1.99. The van der Waals surface area contributed by atoms with Crippen molar-refractivity contribution < 1.29 is 9.90 Å². The van der Waals surface area contributed by atoms with Crippen molar-refractivity contribution in [1.29, 1.82) is 0 Å². The molecule has 1 N–H and O–H groups in total. The van der Waals surface area contributed by atoms with E-state index < -0.39 is 5.97 Å². The number of carboxylic acid groups (broad SMARTS) is 1. The monoisotopic (exact) mass is 223 g/mol. The van der Waals surface area contributed by atoms with Gasteiger partial charge in [-0.3, -0.25) is 4.79 Å². The van der Waals surface area contributed by atoms with E-state index in [1.807, 2.05) is 4.57 Å². The van der Waals surface area contributed by atoms with Gasteiger partial charge in [-0.25, -0.2) is 0 Å². The summed E-state index contributed by atoms with van der Waals surface area (Å²) in [6, 6.07) is 0. The number of hydrogen-bond donors (Lipinski definition) is 1. The SMILES string of the molecule is O=C(O)CCCn1cnnc1CC1CCC1. The molecule has 0 bridgehead atoms. The zero-order chi connectivity index (χ0) is 11.4. The minimum Gasteiger partial charge on any atom is -0.481 e. The van der Waals surface area contributed by atoms with Crippen LogP contribution >= 0.6 is 0 Å². The van der Waals surface area contributed by atoms with Crippen molar-refractivity contribution in [3.05, 3.63) is 12.2 Å². The molecule has 0 radical (unpaired) electrons. The van der Waals surface area contributed by atoms with Crippen molar-refractivity contribution in [3.8, 4) is 0 Å². The Kier molecular flexibility index (Phi) is 3.54. The average Bonchev–Trinajstić information content (AvgIpc) is 2.59. The van der Waals surface area contributed by atoms with Crippen LogP contribution in [0.3, 0.4) is 0 Å². The lowest BCUT2D eigenvalue weighted by atomic mass is 9.83. The Bertz CT molecular complexity index is 358. The smallest absolute Gasteiger partial charge is 0.303 e. The lowest BCUT2D eigenvalue weighted by molar-refractivity contribution is -0.137. The molecule has 0 saturated heterocycles. The van der Waals surface area contributed by atoms with Crippen molar-refractivity contribution in [3.63, 3.8) is 0 Å². The van der Waals surface area contributed by atoms with Crippen LogP contribution in [0.4, 0.5) is 0 Å². The van der Waals surface area contributed by atoms with E-state index in [0.717, 1.165) is 18.2 Å². The van der Waals surface area contributed by atoms with Gasteiger partial charge in [0.1, 0.15) is 12.2 Å². The van der Waals surface area contributed by atoms with E-state index in [1.165, 1.54) is 19.3 Å². The highest BCUT2D eigenvalue weighted by molar-refractivity contribution is 5.66. The molecule has 5 nitrogen and oxygen atoms in total. The third-order valence-electron chi connectivity index (χ3n) is 3.18. The summed E-state index contributed by atoms with van der Waals surface area (Å²) in [5, 5.41) is 16.6. The summed E-state index contributed by atoms with van der Waals surface area (Å²) in [5.74, 6) is 1.03. The van der Waals surface area contributed by atoms with Crippen molar-refractivity contribution in [1.82, 2.24) is 14.8 Å². The second-order valence-corrected chi connectivity index (χ2v) is 4.44. The lowest BCUT2D eigenvalue weighted by Crippen LogP contribution is -2.17. The third kappa shape index (κ3) is 2.81. The fraction of sp³-hybridized carbons (Fsp3) is 0.727. The first-order chi connectivity index (χ1) is 7.75. The fourth-order valence-electron chi connectivity index (χ4n) is 1.98. The maximum absolute atomic E-state index is 10.4. The van der Waals surface area contributed by atoms with E-state index in [1.54, 1.807) is 6.33 Å². The van der Waals surface area contributed by atoms with Gasteiger partial charge >= 0.3 is 5.97 Å². The van der Waals surface area contributed by atoms with Gasteiger partial charge in [-0.1, -0.05) is 19.3 Å². The number of aryl methyl sites for hydroxylation is 1. The van der Waals surface area contributed by atoms with E-state index in [9.17, 15) is 4.79 Å². The Morgan fingerprint density at radius 2 is 2.38 bits per heavy atom. The minimum absolute atomic E-state index is 0.209. The summed E-state index contributed by atoms with van der Waals surface area (Å²) >= 11 is 0. The van der Waals surface area contributed by atoms with Crippen LogP contribution in [-0.2, 0) is 17.8 Å². The maximum Gasteiger partial charge on any atom is 0.303 e. The van der Waals surface area contributed by atoms with Crippen molar-refractivity contribution >= 4 is 5.97 Å². The number of nitrogens with zero attached hydrogens (tertiary/aromatic N) is 3. The van der Waals surface area contributed by atoms with E-state index in [-0.39, 0.29) is 6.42 Å². The molecule has 0 atom stereocenters. The first-order valence-electron chi connectivity index (χ1n) is 5.84. The minimum atomic E-state index is -0.742. The lowest BCUT2D eigenvalue weighted by Gasteiger charge is -2.24. The Labute approximate surface area is 94.5 Å². The highest BCUT2D eigenvalue weighted by Gasteiger charge is 2.20. The molecule has 1 aliphatic carbocycles. The number of carbonyl (C=O) groups is 1. The van der Waals surface area contributed by atoms with Crippen LogP contribution in [0.1, 0.15) is 37.9 Å². The molecule has 0 aliphatic heterocycles. The zero-order valence-electron chi connectivity index (χ0n) is 9.30. The molecule has 1 aliphatic rings. The first kappa shape index (κ1) is 11.1. The second kappa shape index (κ2) is 5.09. The van der Waals surface area contributed by atoms with Gasteiger partial charge in [0.2, 0.25) is 0 Å². The number of hydrogen-bond acceptors (Lipinski definition) is 3. The third-order valence-corrected chi connectivity index (χ3v) is 3.18. The van der Waals surface area contributed by atoms with Gasteiger partial charge < -0.3 is 9.67 Å². The Hall–Kier alpha value is -1.39. The molecule has 2 rings (SSSR count). The van der Waals surface area contributed by atoms with Gasteiger partial charge in [0.25, 0.3) is 0 Å². The first-order valence-corrected chi connectivity index (χ1v) is 5.84. The van der Waals surface area contributed by atoms with E-state index >= 15 is 0 Å². The maximum atomic E-state index is 10.4. The molecular weight excluding hydrogens is 206 g/mol. The highest BCUT2D eigenvalue weighted by Crippen LogP contribution is 2.29. The van der Waals surface area contributed by atoms with Crippen LogP contribution in [-0.4, -0.2) is 25.8 Å². The fourth-order valence-corrected chi connectivity index (χ4v) is 1.98. The predicted molar refractivity (Wildman–Crippen MR) is 57.9 cm³/mol. The van der Waals surface area contributed by atoms with Gasteiger partial charge in [-0.05, 0) is 12.3 Å². The summed E-state index contributed by atoms with van der Waals surface area (Å²) in [4.78, 5) is 10.4. The van der Waals surface area contributed by atoms with Crippen LogP contribution < -0.4 is 0 Å². The molecule has 0 spiro atoms. The van der Waals surface area contributed by atoms with Crippen LogP contribution in [0.2, 0.25) is 0 Å². The van der Waals surface area contributed by atoms with Gasteiger partial charge in [0.15, 0.2) is 0 Å². The van der Waals surface area contributed by atoms with E-state index in [4.69, 9.17) is 5.11 Å². The summed E-state index contributed by atoms with van der Waals surface area (Å²) in [6.45, 7) is 0.710. The van der Waals surface area contributed by atoms with E-state index in [0.29, 0.717) is 13.0 Å². The highest BCUT2D eigenvalue weighted by atomic mass is 16.4. The summed E-state index contributed by atoms with van der Waals surface area (Å²) in [7, 11) is 0. The number of rotatable bonds is 6. The molecule has 1 aromatic rings. The quantitative estimate of drug-likeness (QED) is 0.793. The van der Waals surface area contributed by atoms with Crippen LogP contribution in [0, 0.1) is 5.92 Å². The number of aromatic nitrogens is 3. The molecule has 1 saturated carbocycles. The molecular formula is C11H17N3O2. The Balaban J connectivity index is 1.83. The molecule has 0 aromatic carbocycles. The van der Waals surface area contributed by atoms with Crippen LogP contribution in [0.25, 0.3) is 0 Å². The number of carboxylic acids is 1. The molecule has 0 amide bonds. The molecule has 0 unspecified atom stereocenters. The largest absolute Gasteiger partial charge is 0.481 e. The average molecular weight is 223 g/mol. The summed E-state index contributed by atoms with van der Waals surface area (Å²) in [5.41, 5.74) is 0. The second-order valence-electron chi connectivity index (χ2n) is 4.44. The van der Waals surface area contributed by atoms with Crippen LogP contribution in [0.15, 0.2) is 6.33 Å². The Morgan fingerprint density at radius 3 is 3.00 bits per heavy atom. The predicted octanol–water partition coefficient (Wildman–Crippen LogP) is 1.49. The molecule has 1 fully saturated rings. The Morgan fingerprint density at radius 1 is 1.56 bits per heavy atom. The van der Waals surface area contributed by atoms with Gasteiger partial charge in [-0.15, -0.1) is 10.2 Å². The normalized spacial score (nSPS) is 16.0. The standard InChI is InChI=1S/C11H17N3O2/c15-11(16)5-2-6-14-8-12-13-10(14)7-9-3-1-4-9/h8-9H,1-7H2,(H,15,16). The molecule has 5 heteroatoms. The van der Waals surface area contributed by atoms with Gasteiger partial charge in [0.05, 0.1) is 0 Å². The molecule has 1 heterocycles. The molecule has 1 aromatic heterocycles. The van der Waals surface area contributed by atoms with Crippen molar-refractivity contribution in [2.24, 2.45) is 5.92 Å². The molecule has 88 valence electrons. The zero-order valence-corrected chi connectivity index (χ0v) is 9.30.